The van der Waals surface area contributed by atoms with E-state index >= 15 is 0 Å². The van der Waals surface area contributed by atoms with Crippen LogP contribution in [0.15, 0.2) is 41.3 Å². The number of anilines is 2. The van der Waals surface area contributed by atoms with E-state index in [0.29, 0.717) is 12.2 Å². The highest BCUT2D eigenvalue weighted by Crippen LogP contribution is 2.37. The van der Waals surface area contributed by atoms with Gasteiger partial charge in [0, 0.05) is 18.2 Å². The van der Waals surface area contributed by atoms with Crippen molar-refractivity contribution in [1.29, 1.82) is 0 Å². The van der Waals surface area contributed by atoms with Crippen molar-refractivity contribution in [2.75, 3.05) is 16.2 Å². The Labute approximate surface area is 151 Å². The van der Waals surface area contributed by atoms with E-state index in [4.69, 9.17) is 0 Å². The molecule has 0 saturated heterocycles. The van der Waals surface area contributed by atoms with Crippen LogP contribution in [0.1, 0.15) is 24.0 Å². The molecule has 1 aliphatic carbocycles. The summed E-state index contributed by atoms with van der Waals surface area (Å²) in [6, 6.07) is 8.93. The van der Waals surface area contributed by atoms with Crippen molar-refractivity contribution >= 4 is 27.3 Å². The third-order valence-electron chi connectivity index (χ3n) is 4.87. The summed E-state index contributed by atoms with van der Waals surface area (Å²) in [4.78, 5) is 14.2. The summed E-state index contributed by atoms with van der Waals surface area (Å²) in [6.07, 6.45) is 2.64. The number of amides is 1. The highest BCUT2D eigenvalue weighted by Gasteiger charge is 2.36. The van der Waals surface area contributed by atoms with Crippen LogP contribution in [0.5, 0.6) is 0 Å². The Morgan fingerprint density at radius 2 is 1.96 bits per heavy atom. The lowest BCUT2D eigenvalue weighted by Crippen LogP contribution is -2.30. The summed E-state index contributed by atoms with van der Waals surface area (Å²) >= 11 is 0. The summed E-state index contributed by atoms with van der Waals surface area (Å²) in [5.41, 5.74) is 2.47. The second-order valence-corrected chi connectivity index (χ2v) is 8.56. The number of aryl methyl sites for hydroxylation is 1. The monoisotopic (exact) mass is 374 g/mol. The zero-order chi connectivity index (χ0) is 18.5. The highest BCUT2D eigenvalue weighted by atomic mass is 32.2. The first-order valence-electron chi connectivity index (χ1n) is 8.58. The molecule has 0 aromatic heterocycles. The first kappa shape index (κ1) is 17.0. The van der Waals surface area contributed by atoms with Crippen molar-refractivity contribution in [1.82, 2.24) is 0 Å². The van der Waals surface area contributed by atoms with E-state index in [1.165, 1.54) is 19.1 Å². The largest absolute Gasteiger partial charge is 0.312 e. The molecule has 2 aromatic rings. The molecule has 0 spiro atoms. The lowest BCUT2D eigenvalue weighted by molar-refractivity contribution is -0.119. The number of benzene rings is 2. The standard InChI is InChI=1S/C19H19FN2O3S/c1-12-10-16(6-7-17(12)20)26(24,25)21-15-5-4-13-8-9-22(18(13)11-15)19(23)14-2-3-14/h4-7,10-11,14,21H,2-3,8-9H2,1H3. The fourth-order valence-corrected chi connectivity index (χ4v) is 4.35. The number of nitrogens with zero attached hydrogens (tertiary/aromatic N) is 1. The van der Waals surface area contributed by atoms with E-state index < -0.39 is 15.8 Å². The van der Waals surface area contributed by atoms with Crippen molar-refractivity contribution in [3.63, 3.8) is 0 Å². The van der Waals surface area contributed by atoms with Gasteiger partial charge in [0.25, 0.3) is 10.0 Å². The van der Waals surface area contributed by atoms with Crippen LogP contribution >= 0.6 is 0 Å². The maximum atomic E-state index is 13.4. The van der Waals surface area contributed by atoms with Crippen LogP contribution in [0.3, 0.4) is 0 Å². The normalized spacial score (nSPS) is 16.5. The predicted octanol–water partition coefficient (Wildman–Crippen LogP) is 3.23. The SMILES string of the molecule is Cc1cc(S(=O)(=O)Nc2ccc3c(c2)N(C(=O)C2CC2)CC3)ccc1F. The number of fused-ring (bicyclic) bond motifs is 1. The van der Waals surface area contributed by atoms with E-state index in [1.807, 2.05) is 6.07 Å². The number of carbonyl (C=O) groups excluding carboxylic acids is 1. The Morgan fingerprint density at radius 1 is 1.19 bits per heavy atom. The van der Waals surface area contributed by atoms with Crippen LogP contribution in [-0.2, 0) is 21.2 Å². The van der Waals surface area contributed by atoms with Gasteiger partial charge in [0.2, 0.25) is 5.91 Å². The molecule has 0 unspecified atom stereocenters. The molecule has 1 saturated carbocycles. The van der Waals surface area contributed by atoms with Crippen molar-refractivity contribution in [3.8, 4) is 0 Å². The molecule has 1 N–H and O–H groups in total. The van der Waals surface area contributed by atoms with Crippen LogP contribution in [0.4, 0.5) is 15.8 Å². The Morgan fingerprint density at radius 3 is 2.65 bits per heavy atom. The van der Waals surface area contributed by atoms with Gasteiger partial charge in [-0.2, -0.15) is 0 Å². The van der Waals surface area contributed by atoms with Crippen molar-refractivity contribution in [3.05, 3.63) is 53.3 Å². The molecule has 0 atom stereocenters. The minimum Gasteiger partial charge on any atom is -0.312 e. The minimum absolute atomic E-state index is 0.00260. The number of carbonyl (C=O) groups is 1. The molecule has 1 heterocycles. The van der Waals surface area contributed by atoms with Crippen molar-refractivity contribution in [2.24, 2.45) is 5.92 Å². The molecule has 1 aliphatic heterocycles. The van der Waals surface area contributed by atoms with Gasteiger partial charge in [-0.3, -0.25) is 9.52 Å². The van der Waals surface area contributed by atoms with Crippen LogP contribution in [0, 0.1) is 18.7 Å². The van der Waals surface area contributed by atoms with E-state index in [1.54, 1.807) is 17.0 Å². The van der Waals surface area contributed by atoms with Gasteiger partial charge in [-0.15, -0.1) is 0 Å². The van der Waals surface area contributed by atoms with E-state index in [-0.39, 0.29) is 22.3 Å². The van der Waals surface area contributed by atoms with Crippen LogP contribution < -0.4 is 9.62 Å². The molecule has 5 nitrogen and oxygen atoms in total. The van der Waals surface area contributed by atoms with E-state index in [9.17, 15) is 17.6 Å². The maximum Gasteiger partial charge on any atom is 0.261 e. The van der Waals surface area contributed by atoms with Gasteiger partial charge in [0.05, 0.1) is 10.6 Å². The fraction of sp³-hybridized carbons (Fsp3) is 0.316. The third kappa shape index (κ3) is 3.07. The maximum absolute atomic E-state index is 13.4. The molecule has 0 bridgehead atoms. The Hall–Kier alpha value is -2.41. The number of nitrogens with one attached hydrogen (secondary N) is 1. The Kier molecular flexibility index (Phi) is 3.99. The minimum atomic E-state index is -3.83. The summed E-state index contributed by atoms with van der Waals surface area (Å²) in [6.45, 7) is 2.16. The first-order valence-corrected chi connectivity index (χ1v) is 10.1. The molecule has 1 amide bonds. The zero-order valence-electron chi connectivity index (χ0n) is 14.3. The number of sulfonamides is 1. The number of hydrogen-bond acceptors (Lipinski definition) is 3. The molecular weight excluding hydrogens is 355 g/mol. The molecule has 2 aromatic carbocycles. The van der Waals surface area contributed by atoms with Crippen LogP contribution in [0.25, 0.3) is 0 Å². The van der Waals surface area contributed by atoms with E-state index in [0.717, 1.165) is 36.6 Å². The fourth-order valence-electron chi connectivity index (χ4n) is 3.22. The van der Waals surface area contributed by atoms with Gasteiger partial charge in [0.15, 0.2) is 0 Å². The Bertz CT molecular complexity index is 1000. The molecule has 0 radical (unpaired) electrons. The van der Waals surface area contributed by atoms with Gasteiger partial charge >= 0.3 is 0 Å². The summed E-state index contributed by atoms with van der Waals surface area (Å²) < 4.78 is 41.1. The number of hydrogen-bond donors (Lipinski definition) is 1. The number of halogens is 1. The molecule has 4 rings (SSSR count). The second kappa shape index (κ2) is 6.09. The highest BCUT2D eigenvalue weighted by molar-refractivity contribution is 7.92. The van der Waals surface area contributed by atoms with Gasteiger partial charge in [-0.25, -0.2) is 12.8 Å². The van der Waals surface area contributed by atoms with Gasteiger partial charge < -0.3 is 4.90 Å². The Balaban J connectivity index is 1.61. The quantitative estimate of drug-likeness (QED) is 0.893. The van der Waals surface area contributed by atoms with Crippen molar-refractivity contribution < 1.29 is 17.6 Å². The zero-order valence-corrected chi connectivity index (χ0v) is 15.1. The lowest BCUT2D eigenvalue weighted by atomic mass is 10.1. The summed E-state index contributed by atoms with van der Waals surface area (Å²) in [5, 5.41) is 0. The predicted molar refractivity (Wildman–Crippen MR) is 97.2 cm³/mol. The molecule has 1 fully saturated rings. The smallest absolute Gasteiger partial charge is 0.261 e. The summed E-state index contributed by atoms with van der Waals surface area (Å²) in [7, 11) is -3.83. The average Bonchev–Trinajstić information content (AvgIpc) is 3.36. The third-order valence-corrected chi connectivity index (χ3v) is 6.24. The van der Waals surface area contributed by atoms with E-state index in [2.05, 4.69) is 4.72 Å². The lowest BCUT2D eigenvalue weighted by Gasteiger charge is -2.18. The van der Waals surface area contributed by atoms with Gasteiger partial charge in [-0.1, -0.05) is 6.07 Å². The van der Waals surface area contributed by atoms with Crippen molar-refractivity contribution in [2.45, 2.75) is 31.1 Å². The molecule has 136 valence electrons. The molecule has 7 heteroatoms. The molecule has 26 heavy (non-hydrogen) atoms. The van der Waals surface area contributed by atoms with Crippen LogP contribution in [-0.4, -0.2) is 20.9 Å². The summed E-state index contributed by atoms with van der Waals surface area (Å²) in [5.74, 6) is -0.211. The van der Waals surface area contributed by atoms with Gasteiger partial charge in [0.1, 0.15) is 5.82 Å². The average molecular weight is 374 g/mol. The number of rotatable bonds is 4. The topological polar surface area (TPSA) is 66.5 Å². The van der Waals surface area contributed by atoms with Gasteiger partial charge in [-0.05, 0) is 67.6 Å². The first-order chi connectivity index (χ1) is 12.3. The molecular formula is C19H19FN2O3S. The second-order valence-electron chi connectivity index (χ2n) is 6.87. The molecule has 2 aliphatic rings. The van der Waals surface area contributed by atoms with Crippen LogP contribution in [0.2, 0.25) is 0 Å².